The van der Waals surface area contributed by atoms with Gasteiger partial charge in [-0.15, -0.1) is 11.3 Å². The molecule has 8 nitrogen and oxygen atoms in total. The van der Waals surface area contributed by atoms with Gasteiger partial charge in [0, 0.05) is 16.8 Å². The average Bonchev–Trinajstić information content (AvgIpc) is 3.42. The molecule has 1 saturated heterocycles. The summed E-state index contributed by atoms with van der Waals surface area (Å²) in [6.07, 6.45) is 1.19. The number of nitrogens with one attached hydrogen (secondary N) is 1. The van der Waals surface area contributed by atoms with Crippen LogP contribution in [-0.4, -0.2) is 42.8 Å². The summed E-state index contributed by atoms with van der Waals surface area (Å²) >= 11 is 0.990. The molecular weight excluding hydrogens is 438 g/mol. The Kier molecular flexibility index (Phi) is 5.69. The zero-order chi connectivity index (χ0) is 22.2. The quantitative estimate of drug-likeness (QED) is 0.538. The van der Waals surface area contributed by atoms with Gasteiger partial charge in [-0.2, -0.15) is 0 Å². The van der Waals surface area contributed by atoms with E-state index in [4.69, 9.17) is 5.14 Å². The van der Waals surface area contributed by atoms with Gasteiger partial charge in [0.05, 0.1) is 12.1 Å². The number of phenols is 1. The van der Waals surface area contributed by atoms with Gasteiger partial charge in [0.1, 0.15) is 16.0 Å². The largest absolute Gasteiger partial charge is 0.506 e. The molecule has 3 aromatic rings. The van der Waals surface area contributed by atoms with E-state index in [-0.39, 0.29) is 28.0 Å². The summed E-state index contributed by atoms with van der Waals surface area (Å²) in [5.74, 6) is -0.812. The number of sulfonamides is 1. The number of benzene rings is 2. The van der Waals surface area contributed by atoms with E-state index >= 15 is 0 Å². The normalized spacial score (nSPS) is 16.5. The number of hydrogen-bond donors (Lipinski definition) is 3. The van der Waals surface area contributed by atoms with E-state index < -0.39 is 22.0 Å². The van der Waals surface area contributed by atoms with Crippen LogP contribution in [0.4, 0.5) is 0 Å². The van der Waals surface area contributed by atoms with Gasteiger partial charge in [-0.25, -0.2) is 13.6 Å². The lowest BCUT2D eigenvalue weighted by atomic mass is 10.0. The molecule has 1 unspecified atom stereocenters. The first-order valence-electron chi connectivity index (χ1n) is 9.66. The smallest absolute Gasteiger partial charge is 0.258 e. The third-order valence-corrected chi connectivity index (χ3v) is 7.83. The van der Waals surface area contributed by atoms with E-state index in [1.807, 2.05) is 12.1 Å². The molecule has 1 aliphatic heterocycles. The molecule has 1 aliphatic rings. The number of rotatable bonds is 5. The first-order valence-corrected chi connectivity index (χ1v) is 12.0. The fourth-order valence-corrected chi connectivity index (χ4v) is 5.48. The predicted octanol–water partition coefficient (Wildman–Crippen LogP) is 2.18. The van der Waals surface area contributed by atoms with Crippen LogP contribution in [0.15, 0.2) is 52.7 Å². The standard InChI is InChI=1S/C21H21N3O5S2/c22-31(28,29)18-10-8-14(30-18)12-23-20(26)17-6-3-11-24(17)21(27)16-9-7-13-4-1-2-5-15(13)19(16)25/h1-2,4-5,7-10,17,25H,3,6,11-12H2,(H,23,26)(H2,22,28,29). The molecule has 2 aromatic carbocycles. The zero-order valence-electron chi connectivity index (χ0n) is 16.4. The number of aromatic hydroxyl groups is 1. The number of carbonyl (C=O) groups excluding carboxylic acids is 2. The van der Waals surface area contributed by atoms with Crippen molar-refractivity contribution < 1.29 is 23.1 Å². The lowest BCUT2D eigenvalue weighted by molar-refractivity contribution is -0.125. The van der Waals surface area contributed by atoms with Gasteiger partial charge in [-0.05, 0) is 36.4 Å². The van der Waals surface area contributed by atoms with Gasteiger partial charge in [0.2, 0.25) is 15.9 Å². The molecule has 0 aliphatic carbocycles. The maximum absolute atomic E-state index is 13.1. The molecule has 4 rings (SSSR count). The molecule has 2 heterocycles. The number of carbonyl (C=O) groups is 2. The van der Waals surface area contributed by atoms with Gasteiger partial charge in [-0.3, -0.25) is 9.59 Å². The van der Waals surface area contributed by atoms with Gasteiger partial charge in [-0.1, -0.05) is 30.3 Å². The number of thiophene rings is 1. The summed E-state index contributed by atoms with van der Waals surface area (Å²) in [7, 11) is -3.78. The Morgan fingerprint density at radius 1 is 1.16 bits per heavy atom. The van der Waals surface area contributed by atoms with Gasteiger partial charge in [0.15, 0.2) is 0 Å². The summed E-state index contributed by atoms with van der Waals surface area (Å²) in [6.45, 7) is 0.552. The molecule has 0 radical (unpaired) electrons. The second-order valence-corrected chi connectivity index (χ2v) is 10.3. The Bertz CT molecular complexity index is 1270. The number of likely N-dealkylation sites (tertiary alicyclic amines) is 1. The number of hydrogen-bond acceptors (Lipinski definition) is 6. The molecule has 1 fully saturated rings. The van der Waals surface area contributed by atoms with Crippen LogP contribution in [0.3, 0.4) is 0 Å². The van der Waals surface area contributed by atoms with Crippen molar-refractivity contribution >= 4 is 43.9 Å². The van der Waals surface area contributed by atoms with Gasteiger partial charge < -0.3 is 15.3 Å². The van der Waals surface area contributed by atoms with Crippen LogP contribution in [0.5, 0.6) is 5.75 Å². The van der Waals surface area contributed by atoms with E-state index in [1.165, 1.54) is 11.0 Å². The van der Waals surface area contributed by atoms with Crippen LogP contribution in [0.2, 0.25) is 0 Å². The maximum Gasteiger partial charge on any atom is 0.258 e. The van der Waals surface area contributed by atoms with E-state index in [9.17, 15) is 23.1 Å². The lowest BCUT2D eigenvalue weighted by Crippen LogP contribution is -2.45. The summed E-state index contributed by atoms with van der Waals surface area (Å²) in [5.41, 5.74) is 0.162. The molecule has 1 atom stereocenters. The topological polar surface area (TPSA) is 130 Å². The monoisotopic (exact) mass is 459 g/mol. The molecule has 2 amide bonds. The molecular formula is C21H21N3O5S2. The number of nitrogens with two attached hydrogens (primary N) is 1. The minimum absolute atomic E-state index is 0.0289. The van der Waals surface area contributed by atoms with Crippen molar-refractivity contribution in [1.29, 1.82) is 0 Å². The van der Waals surface area contributed by atoms with Crippen molar-refractivity contribution in [3.05, 3.63) is 59.0 Å². The van der Waals surface area contributed by atoms with Crippen LogP contribution in [-0.2, 0) is 21.4 Å². The van der Waals surface area contributed by atoms with Crippen molar-refractivity contribution in [3.8, 4) is 5.75 Å². The zero-order valence-corrected chi connectivity index (χ0v) is 18.1. The van der Waals surface area contributed by atoms with Crippen molar-refractivity contribution in [2.45, 2.75) is 29.6 Å². The van der Waals surface area contributed by atoms with Crippen molar-refractivity contribution in [3.63, 3.8) is 0 Å². The fraction of sp³-hybridized carbons (Fsp3) is 0.238. The molecule has 31 heavy (non-hydrogen) atoms. The number of amides is 2. The molecule has 0 saturated carbocycles. The Morgan fingerprint density at radius 2 is 1.94 bits per heavy atom. The van der Waals surface area contributed by atoms with Gasteiger partial charge >= 0.3 is 0 Å². The summed E-state index contributed by atoms with van der Waals surface area (Å²) < 4.78 is 22.8. The first-order chi connectivity index (χ1) is 14.8. The summed E-state index contributed by atoms with van der Waals surface area (Å²) in [5, 5.41) is 19.9. The van der Waals surface area contributed by atoms with Crippen LogP contribution >= 0.6 is 11.3 Å². The lowest BCUT2D eigenvalue weighted by Gasteiger charge is -2.24. The average molecular weight is 460 g/mol. The molecule has 10 heteroatoms. The SMILES string of the molecule is NS(=O)(=O)c1ccc(CNC(=O)C2CCCN2C(=O)c2ccc3ccccc3c2O)s1. The fourth-order valence-electron chi connectivity index (χ4n) is 3.76. The number of fused-ring (bicyclic) bond motifs is 1. The molecule has 4 N–H and O–H groups in total. The Morgan fingerprint density at radius 3 is 2.68 bits per heavy atom. The van der Waals surface area contributed by atoms with Crippen LogP contribution in [0, 0.1) is 0 Å². The van der Waals surface area contributed by atoms with Crippen LogP contribution < -0.4 is 10.5 Å². The van der Waals surface area contributed by atoms with Crippen LogP contribution in [0.25, 0.3) is 10.8 Å². The summed E-state index contributed by atoms with van der Waals surface area (Å²) in [4.78, 5) is 28.0. The Labute approximate surface area is 183 Å². The molecule has 0 bridgehead atoms. The van der Waals surface area contributed by atoms with E-state index in [2.05, 4.69) is 5.32 Å². The third-order valence-electron chi connectivity index (χ3n) is 5.30. The predicted molar refractivity (Wildman–Crippen MR) is 117 cm³/mol. The van der Waals surface area contributed by atoms with Gasteiger partial charge in [0.25, 0.3) is 5.91 Å². The highest BCUT2D eigenvalue weighted by atomic mass is 32.2. The molecule has 162 valence electrons. The third kappa shape index (κ3) is 4.27. The van der Waals surface area contributed by atoms with Crippen molar-refractivity contribution in [2.75, 3.05) is 6.54 Å². The molecule has 0 spiro atoms. The highest BCUT2D eigenvalue weighted by Gasteiger charge is 2.35. The highest BCUT2D eigenvalue weighted by Crippen LogP contribution is 2.31. The van der Waals surface area contributed by atoms with Crippen molar-refractivity contribution in [2.24, 2.45) is 5.14 Å². The first kappa shape index (κ1) is 21.3. The Hall–Kier alpha value is -2.95. The summed E-state index contributed by atoms with van der Waals surface area (Å²) in [6, 6.07) is 12.9. The maximum atomic E-state index is 13.1. The second-order valence-electron chi connectivity index (χ2n) is 7.32. The van der Waals surface area contributed by atoms with E-state index in [0.717, 1.165) is 16.7 Å². The number of primary sulfonamides is 1. The van der Waals surface area contributed by atoms with E-state index in [0.29, 0.717) is 29.6 Å². The van der Waals surface area contributed by atoms with E-state index in [1.54, 1.807) is 30.3 Å². The van der Waals surface area contributed by atoms with Crippen LogP contribution in [0.1, 0.15) is 28.1 Å². The number of nitrogens with zero attached hydrogens (tertiary/aromatic N) is 1. The minimum Gasteiger partial charge on any atom is -0.506 e. The second kappa shape index (κ2) is 8.29. The molecule has 1 aromatic heterocycles. The Balaban J connectivity index is 1.48. The number of phenolic OH excluding ortho intramolecular Hbond substituents is 1. The minimum atomic E-state index is -3.78. The van der Waals surface area contributed by atoms with Crippen molar-refractivity contribution in [1.82, 2.24) is 10.2 Å². The highest BCUT2D eigenvalue weighted by molar-refractivity contribution is 7.91.